The molecule has 1 aliphatic rings. The van der Waals surface area contributed by atoms with Crippen LogP contribution in [0.5, 0.6) is 5.75 Å². The van der Waals surface area contributed by atoms with E-state index in [0.717, 1.165) is 19.4 Å². The average molecular weight is 299 g/mol. The number of para-hydroxylation sites is 1. The maximum absolute atomic E-state index is 12.4. The van der Waals surface area contributed by atoms with Crippen molar-refractivity contribution in [3.63, 3.8) is 0 Å². The molecule has 1 fully saturated rings. The lowest BCUT2D eigenvalue weighted by Gasteiger charge is -2.10. The first kappa shape index (κ1) is 13.9. The van der Waals surface area contributed by atoms with Crippen LogP contribution in [0.25, 0.3) is 11.5 Å². The second-order valence-electron chi connectivity index (χ2n) is 4.65. The van der Waals surface area contributed by atoms with Crippen molar-refractivity contribution in [3.8, 4) is 17.2 Å². The fraction of sp³-hybridized carbons (Fsp3) is 0.385. The minimum Gasteiger partial charge on any atom is -0.405 e. The lowest BCUT2D eigenvalue weighted by Crippen LogP contribution is -2.17. The van der Waals surface area contributed by atoms with E-state index >= 15 is 0 Å². The Morgan fingerprint density at radius 3 is 2.81 bits per heavy atom. The van der Waals surface area contributed by atoms with Gasteiger partial charge in [-0.3, -0.25) is 0 Å². The summed E-state index contributed by atoms with van der Waals surface area (Å²) < 4.78 is 46.2. The van der Waals surface area contributed by atoms with Crippen molar-refractivity contribution >= 4 is 0 Å². The number of ether oxygens (including phenoxy) is 1. The van der Waals surface area contributed by atoms with Gasteiger partial charge >= 0.3 is 6.36 Å². The molecular formula is C13H12F3N3O2. The Morgan fingerprint density at radius 1 is 1.29 bits per heavy atom. The summed E-state index contributed by atoms with van der Waals surface area (Å²) in [5, 5.41) is 7.02. The zero-order valence-electron chi connectivity index (χ0n) is 10.9. The van der Waals surface area contributed by atoms with Crippen LogP contribution < -0.4 is 10.1 Å². The number of halogens is 3. The summed E-state index contributed by atoms with van der Waals surface area (Å²) >= 11 is 0. The number of aromatic nitrogens is 2. The zero-order chi connectivity index (χ0) is 14.9. The minimum atomic E-state index is -4.77. The Kier molecular flexibility index (Phi) is 3.54. The number of nitrogens with one attached hydrogen (secondary N) is 1. The van der Waals surface area contributed by atoms with Crippen LogP contribution in [-0.2, 0) is 0 Å². The van der Waals surface area contributed by atoms with E-state index in [-0.39, 0.29) is 23.2 Å². The molecular weight excluding hydrogens is 287 g/mol. The highest BCUT2D eigenvalue weighted by Crippen LogP contribution is 2.33. The Morgan fingerprint density at radius 2 is 2.10 bits per heavy atom. The minimum absolute atomic E-state index is 0.0125. The molecule has 0 radical (unpaired) electrons. The summed E-state index contributed by atoms with van der Waals surface area (Å²) in [6.45, 7) is 0.863. The van der Waals surface area contributed by atoms with E-state index in [1.807, 2.05) is 0 Å². The van der Waals surface area contributed by atoms with Crippen molar-refractivity contribution < 1.29 is 22.4 Å². The van der Waals surface area contributed by atoms with Crippen LogP contribution in [-0.4, -0.2) is 23.0 Å². The van der Waals surface area contributed by atoms with Crippen molar-refractivity contribution in [2.75, 3.05) is 6.54 Å². The molecule has 1 aromatic heterocycles. The third-order valence-corrected chi connectivity index (χ3v) is 3.16. The number of nitrogens with zero attached hydrogens (tertiary/aromatic N) is 2. The van der Waals surface area contributed by atoms with E-state index in [1.165, 1.54) is 18.2 Å². The van der Waals surface area contributed by atoms with Gasteiger partial charge in [0.15, 0.2) is 5.82 Å². The van der Waals surface area contributed by atoms with Gasteiger partial charge in [-0.2, -0.15) is 4.98 Å². The van der Waals surface area contributed by atoms with Crippen molar-refractivity contribution in [2.45, 2.75) is 25.2 Å². The van der Waals surface area contributed by atoms with Gasteiger partial charge in [0.2, 0.25) is 0 Å². The fourth-order valence-corrected chi connectivity index (χ4v) is 2.25. The second-order valence-corrected chi connectivity index (χ2v) is 4.65. The number of benzene rings is 1. The molecule has 0 saturated carbocycles. The molecule has 3 rings (SSSR count). The molecule has 2 aromatic rings. The lowest BCUT2D eigenvalue weighted by atomic mass is 10.2. The molecule has 1 aliphatic heterocycles. The summed E-state index contributed by atoms with van der Waals surface area (Å²) in [6, 6.07) is 5.66. The Bertz CT molecular complexity index is 621. The van der Waals surface area contributed by atoms with Gasteiger partial charge in [-0.05, 0) is 31.5 Å². The van der Waals surface area contributed by atoms with Crippen LogP contribution in [0.3, 0.4) is 0 Å². The summed E-state index contributed by atoms with van der Waals surface area (Å²) in [6.07, 6.45) is -2.89. The highest BCUT2D eigenvalue weighted by molar-refractivity contribution is 5.62. The van der Waals surface area contributed by atoms with Gasteiger partial charge in [0.1, 0.15) is 5.75 Å². The molecule has 0 amide bonds. The molecule has 0 spiro atoms. The summed E-state index contributed by atoms with van der Waals surface area (Å²) in [7, 11) is 0. The van der Waals surface area contributed by atoms with Gasteiger partial charge in [-0.25, -0.2) is 0 Å². The average Bonchev–Trinajstić information content (AvgIpc) is 3.08. The summed E-state index contributed by atoms with van der Waals surface area (Å²) in [5.41, 5.74) is 0.117. The molecule has 2 heterocycles. The van der Waals surface area contributed by atoms with Gasteiger partial charge in [-0.1, -0.05) is 17.3 Å². The first-order chi connectivity index (χ1) is 10.0. The van der Waals surface area contributed by atoms with E-state index in [2.05, 4.69) is 20.2 Å². The lowest BCUT2D eigenvalue weighted by molar-refractivity contribution is -0.274. The topological polar surface area (TPSA) is 60.2 Å². The van der Waals surface area contributed by atoms with Crippen LogP contribution in [0.15, 0.2) is 28.8 Å². The molecule has 1 N–H and O–H groups in total. The molecule has 8 heteroatoms. The van der Waals surface area contributed by atoms with Gasteiger partial charge in [-0.15, -0.1) is 13.2 Å². The summed E-state index contributed by atoms with van der Waals surface area (Å²) in [4.78, 5) is 4.17. The number of alkyl halides is 3. The number of hydrogen-bond acceptors (Lipinski definition) is 5. The Labute approximate surface area is 118 Å². The van der Waals surface area contributed by atoms with Crippen LogP contribution in [0.2, 0.25) is 0 Å². The van der Waals surface area contributed by atoms with Gasteiger partial charge in [0.25, 0.3) is 5.89 Å². The zero-order valence-corrected chi connectivity index (χ0v) is 10.9. The third kappa shape index (κ3) is 3.15. The summed E-state index contributed by atoms with van der Waals surface area (Å²) in [5.74, 6) is 0.0995. The SMILES string of the molecule is FC(F)(F)Oc1ccccc1-c1nc([C@@H]2CCCN2)no1. The Balaban J connectivity index is 1.90. The van der Waals surface area contributed by atoms with E-state index in [4.69, 9.17) is 4.52 Å². The second kappa shape index (κ2) is 5.36. The van der Waals surface area contributed by atoms with E-state index in [1.54, 1.807) is 6.07 Å². The molecule has 0 unspecified atom stereocenters. The molecule has 5 nitrogen and oxygen atoms in total. The van der Waals surface area contributed by atoms with Crippen molar-refractivity contribution in [2.24, 2.45) is 0 Å². The maximum atomic E-state index is 12.4. The third-order valence-electron chi connectivity index (χ3n) is 3.16. The van der Waals surface area contributed by atoms with Crippen LogP contribution >= 0.6 is 0 Å². The van der Waals surface area contributed by atoms with E-state index in [9.17, 15) is 13.2 Å². The highest BCUT2D eigenvalue weighted by Gasteiger charge is 2.33. The van der Waals surface area contributed by atoms with E-state index < -0.39 is 6.36 Å². The van der Waals surface area contributed by atoms with Crippen LogP contribution in [0.4, 0.5) is 13.2 Å². The quantitative estimate of drug-likeness (QED) is 0.944. The highest BCUT2D eigenvalue weighted by atomic mass is 19.4. The van der Waals surface area contributed by atoms with Crippen molar-refractivity contribution in [1.29, 1.82) is 0 Å². The molecule has 1 aromatic carbocycles. The van der Waals surface area contributed by atoms with Crippen LogP contribution in [0, 0.1) is 0 Å². The fourth-order valence-electron chi connectivity index (χ4n) is 2.25. The van der Waals surface area contributed by atoms with Crippen LogP contribution in [0.1, 0.15) is 24.7 Å². The standard InChI is InChI=1S/C13H12F3N3O2/c14-13(15,16)20-10-6-2-1-4-8(10)12-18-11(19-21-12)9-5-3-7-17-9/h1-2,4,6,9,17H,3,5,7H2/t9-/m0/s1. The van der Waals surface area contributed by atoms with Gasteiger partial charge in [0, 0.05) is 0 Å². The van der Waals surface area contributed by atoms with Gasteiger partial charge in [0.05, 0.1) is 11.6 Å². The first-order valence-electron chi connectivity index (χ1n) is 6.45. The monoisotopic (exact) mass is 299 g/mol. The molecule has 1 atom stereocenters. The molecule has 112 valence electrons. The maximum Gasteiger partial charge on any atom is 0.573 e. The number of hydrogen-bond donors (Lipinski definition) is 1. The largest absolute Gasteiger partial charge is 0.573 e. The normalized spacial score (nSPS) is 18.9. The molecule has 1 saturated heterocycles. The van der Waals surface area contributed by atoms with Crippen molar-refractivity contribution in [3.05, 3.63) is 30.1 Å². The predicted molar refractivity (Wildman–Crippen MR) is 66.4 cm³/mol. The molecule has 0 aliphatic carbocycles. The molecule has 21 heavy (non-hydrogen) atoms. The number of rotatable bonds is 3. The predicted octanol–water partition coefficient (Wildman–Crippen LogP) is 3.06. The smallest absolute Gasteiger partial charge is 0.405 e. The first-order valence-corrected chi connectivity index (χ1v) is 6.45. The van der Waals surface area contributed by atoms with Crippen molar-refractivity contribution in [1.82, 2.24) is 15.5 Å². The molecule has 0 bridgehead atoms. The van der Waals surface area contributed by atoms with Gasteiger partial charge < -0.3 is 14.6 Å². The van der Waals surface area contributed by atoms with E-state index in [0.29, 0.717) is 5.82 Å². The Hall–Kier alpha value is -2.09.